The number of aryl methyl sites for hydroxylation is 2. The van der Waals surface area contributed by atoms with Gasteiger partial charge in [-0.05, 0) is 171 Å². The zero-order chi connectivity index (χ0) is 41.7. The maximum Gasteiger partial charge on any atom is 0.119 e. The summed E-state index contributed by atoms with van der Waals surface area (Å²) < 4.78 is 0. The van der Waals surface area contributed by atoms with Crippen molar-refractivity contribution in [1.29, 1.82) is 0 Å². The van der Waals surface area contributed by atoms with E-state index in [-0.39, 0.29) is 5.60 Å². The summed E-state index contributed by atoms with van der Waals surface area (Å²) in [5, 5.41) is 38.6. The van der Waals surface area contributed by atoms with Gasteiger partial charge in [-0.3, -0.25) is 0 Å². The Morgan fingerprint density at radius 2 is 1.46 bits per heavy atom. The molecule has 0 amide bonds. The second-order valence-electron chi connectivity index (χ2n) is 18.8. The Morgan fingerprint density at radius 1 is 0.889 bits per heavy atom. The number of allylic oxidation sites excluding steroid dienone is 4. The van der Waals surface area contributed by atoms with Crippen molar-refractivity contribution in [1.82, 2.24) is 0 Å². The first kappa shape index (κ1) is 49.4. The standard InChI is InChI=1S/2C10H18O.C10H14O.C10H18O.C10H14/c1-7(2)10-5-4-9(3,11)8(10)6-10;1-8-4-6-9(7-5-8)10(2,3)11;1-7(2)9-5-4-8(3)6-10(9)11;1-5-10(4,11)8-6-7-9(2)3;1-8(2)10-6-4-9(3)5-7-10/h7-8,11H,4-6H2,1-3H3;4,9,11H,5-7H2,1-3H3;4-7,11H,1-3H3;5,7,11H,1,6,8H2,2-4H3;4-8H,1-3H3. The SMILES string of the molecule is C=CC(C)(O)CCC=C(C)C.CC(C)C12CCC(C)(O)C1C2.CC1=CCC(C(C)(C)O)CC1.Cc1ccc(C(C)C)c(O)c1.Cc1ccc(C(C)C)cc1. The van der Waals surface area contributed by atoms with Crippen LogP contribution in [0.25, 0.3) is 0 Å². The summed E-state index contributed by atoms with van der Waals surface area (Å²) in [7, 11) is 0. The maximum absolute atomic E-state index is 9.92. The third kappa shape index (κ3) is 17.0. The predicted octanol–water partition coefficient (Wildman–Crippen LogP) is 13.3. The van der Waals surface area contributed by atoms with Gasteiger partial charge in [0.05, 0.1) is 16.8 Å². The van der Waals surface area contributed by atoms with Crippen molar-refractivity contribution in [2.75, 3.05) is 0 Å². The Bertz CT molecular complexity index is 1460. The zero-order valence-electron chi connectivity index (χ0n) is 37.3. The number of hydrogen-bond donors (Lipinski definition) is 4. The van der Waals surface area contributed by atoms with E-state index < -0.39 is 11.2 Å². The quantitative estimate of drug-likeness (QED) is 0.203. The van der Waals surface area contributed by atoms with Crippen molar-refractivity contribution in [3.8, 4) is 5.75 Å². The van der Waals surface area contributed by atoms with Gasteiger partial charge in [-0.1, -0.05) is 113 Å². The highest BCUT2D eigenvalue weighted by Gasteiger charge is 2.67. The van der Waals surface area contributed by atoms with Gasteiger partial charge in [-0.2, -0.15) is 0 Å². The van der Waals surface area contributed by atoms with Gasteiger partial charge in [-0.15, -0.1) is 6.58 Å². The number of aromatic hydroxyl groups is 1. The first-order valence-corrected chi connectivity index (χ1v) is 20.7. The van der Waals surface area contributed by atoms with Crippen LogP contribution in [0.4, 0.5) is 0 Å². The molecule has 0 aromatic heterocycles. The average Bonchev–Trinajstić information content (AvgIpc) is 3.76. The fourth-order valence-electron chi connectivity index (χ4n) is 7.48. The molecule has 4 nitrogen and oxygen atoms in total. The first-order valence-electron chi connectivity index (χ1n) is 20.7. The van der Waals surface area contributed by atoms with Gasteiger partial charge in [0.15, 0.2) is 0 Å². The van der Waals surface area contributed by atoms with E-state index in [1.165, 1.54) is 35.1 Å². The van der Waals surface area contributed by atoms with Crippen molar-refractivity contribution in [3.63, 3.8) is 0 Å². The summed E-state index contributed by atoms with van der Waals surface area (Å²) in [6.45, 7) is 34.7. The molecule has 0 saturated heterocycles. The van der Waals surface area contributed by atoms with Gasteiger partial charge in [0.25, 0.3) is 0 Å². The van der Waals surface area contributed by atoms with Gasteiger partial charge < -0.3 is 20.4 Å². The molecule has 54 heavy (non-hydrogen) atoms. The van der Waals surface area contributed by atoms with Crippen LogP contribution in [-0.4, -0.2) is 37.2 Å². The minimum Gasteiger partial charge on any atom is -0.508 e. The summed E-state index contributed by atoms with van der Waals surface area (Å²) in [5.74, 6) is 3.32. The van der Waals surface area contributed by atoms with E-state index in [1.54, 1.807) is 19.1 Å². The third-order valence-electron chi connectivity index (χ3n) is 11.9. The number of aliphatic hydroxyl groups is 3. The fraction of sp³-hybridized carbons (Fsp3) is 0.640. The Hall–Kier alpha value is -2.66. The van der Waals surface area contributed by atoms with Crippen LogP contribution in [0, 0.1) is 37.0 Å². The molecule has 5 atom stereocenters. The van der Waals surface area contributed by atoms with E-state index in [9.17, 15) is 20.4 Å². The number of hydrogen-bond acceptors (Lipinski definition) is 4. The van der Waals surface area contributed by atoms with Crippen LogP contribution in [0.15, 0.2) is 78.4 Å². The summed E-state index contributed by atoms with van der Waals surface area (Å²) >= 11 is 0. The number of rotatable bonds is 8. The van der Waals surface area contributed by atoms with Gasteiger partial charge in [0.2, 0.25) is 0 Å². The minimum absolute atomic E-state index is 0.329. The Kier molecular flexibility index (Phi) is 19.7. The van der Waals surface area contributed by atoms with E-state index >= 15 is 0 Å². The van der Waals surface area contributed by atoms with Crippen molar-refractivity contribution in [3.05, 3.63) is 101 Å². The number of benzene rings is 2. The lowest BCUT2D eigenvalue weighted by Crippen LogP contribution is -2.31. The fourth-order valence-corrected chi connectivity index (χ4v) is 7.48. The molecular formula is C50H82O4. The first-order chi connectivity index (χ1) is 24.8. The molecule has 2 aromatic rings. The van der Waals surface area contributed by atoms with Crippen LogP contribution in [0.2, 0.25) is 0 Å². The maximum atomic E-state index is 9.92. The molecule has 5 rings (SSSR count). The Morgan fingerprint density at radius 3 is 1.81 bits per heavy atom. The van der Waals surface area contributed by atoms with Crippen LogP contribution in [-0.2, 0) is 0 Å². The molecule has 2 saturated carbocycles. The van der Waals surface area contributed by atoms with E-state index in [2.05, 4.69) is 112 Å². The highest BCUT2D eigenvalue weighted by Crippen LogP contribution is 2.70. The Labute approximate surface area is 332 Å². The zero-order valence-corrected chi connectivity index (χ0v) is 37.3. The van der Waals surface area contributed by atoms with E-state index in [1.807, 2.05) is 39.8 Å². The topological polar surface area (TPSA) is 80.9 Å². The van der Waals surface area contributed by atoms with Crippen molar-refractivity contribution < 1.29 is 20.4 Å². The molecule has 0 spiro atoms. The molecular weight excluding hydrogens is 665 g/mol. The molecule has 4 N–H and O–H groups in total. The van der Waals surface area contributed by atoms with Gasteiger partial charge in [-0.25, -0.2) is 0 Å². The molecule has 4 heteroatoms. The molecule has 0 radical (unpaired) electrons. The lowest BCUT2D eigenvalue weighted by Gasteiger charge is -2.31. The summed E-state index contributed by atoms with van der Waals surface area (Å²) in [4.78, 5) is 0. The predicted molar refractivity (Wildman–Crippen MR) is 234 cm³/mol. The molecule has 0 aliphatic heterocycles. The summed E-state index contributed by atoms with van der Waals surface area (Å²) in [5.41, 5.74) is 6.68. The third-order valence-corrected chi connectivity index (χ3v) is 11.9. The van der Waals surface area contributed by atoms with E-state index in [4.69, 9.17) is 0 Å². The lowest BCUT2D eigenvalue weighted by molar-refractivity contribution is 0.0126. The van der Waals surface area contributed by atoms with Crippen LogP contribution < -0.4 is 0 Å². The van der Waals surface area contributed by atoms with E-state index in [0.29, 0.717) is 34.8 Å². The Balaban J connectivity index is 0.000000338. The second kappa shape index (κ2) is 21.6. The molecule has 2 fully saturated rings. The molecule has 2 aromatic carbocycles. The van der Waals surface area contributed by atoms with Crippen molar-refractivity contribution in [2.24, 2.45) is 23.2 Å². The molecule has 0 bridgehead atoms. The number of phenolic OH excluding ortho intramolecular Hbond substituents is 1. The number of phenols is 1. The molecule has 5 unspecified atom stereocenters. The lowest BCUT2D eigenvalue weighted by atomic mass is 9.80. The molecule has 3 aliphatic carbocycles. The number of fused-ring (bicyclic) bond motifs is 1. The van der Waals surface area contributed by atoms with Crippen LogP contribution in [0.5, 0.6) is 5.75 Å². The van der Waals surface area contributed by atoms with Crippen molar-refractivity contribution >= 4 is 0 Å². The largest absolute Gasteiger partial charge is 0.508 e. The van der Waals surface area contributed by atoms with Gasteiger partial charge in [0.1, 0.15) is 5.75 Å². The second-order valence-corrected chi connectivity index (χ2v) is 18.8. The van der Waals surface area contributed by atoms with Crippen LogP contribution >= 0.6 is 0 Å². The minimum atomic E-state index is -0.702. The monoisotopic (exact) mass is 747 g/mol. The molecule has 0 heterocycles. The smallest absolute Gasteiger partial charge is 0.119 e. The summed E-state index contributed by atoms with van der Waals surface area (Å²) in [6.07, 6.45) is 14.5. The highest BCUT2D eigenvalue weighted by atomic mass is 16.3. The van der Waals surface area contributed by atoms with Gasteiger partial charge >= 0.3 is 0 Å². The highest BCUT2D eigenvalue weighted by molar-refractivity contribution is 5.37. The summed E-state index contributed by atoms with van der Waals surface area (Å²) in [6, 6.07) is 14.5. The molecule has 3 aliphatic rings. The van der Waals surface area contributed by atoms with Crippen LogP contribution in [0.1, 0.15) is 175 Å². The molecule has 306 valence electrons. The van der Waals surface area contributed by atoms with E-state index in [0.717, 1.165) is 55.6 Å². The van der Waals surface area contributed by atoms with Gasteiger partial charge in [0, 0.05) is 0 Å². The average molecular weight is 747 g/mol. The normalized spacial score (nSPS) is 23.8. The van der Waals surface area contributed by atoms with Crippen molar-refractivity contribution in [2.45, 2.75) is 184 Å². The van der Waals surface area contributed by atoms with Crippen LogP contribution in [0.3, 0.4) is 0 Å².